The van der Waals surface area contributed by atoms with E-state index in [1.807, 2.05) is 0 Å². The van der Waals surface area contributed by atoms with Gasteiger partial charge in [-0.15, -0.1) is 0 Å². The summed E-state index contributed by atoms with van der Waals surface area (Å²) in [6.07, 6.45) is 7.50. The number of nitrogens with zero attached hydrogens (tertiary/aromatic N) is 1. The molecule has 6 nitrogen and oxygen atoms in total. The SMILES string of the molecule is Nc1cc(=O)[nH]c(SCC(=O)NC23CC4CC(CC(C4)C2)C3)n1. The minimum Gasteiger partial charge on any atom is -0.383 e. The predicted molar refractivity (Wildman–Crippen MR) is 89.0 cm³/mol. The lowest BCUT2D eigenvalue weighted by atomic mass is 9.53. The van der Waals surface area contributed by atoms with Crippen molar-refractivity contribution >= 4 is 23.5 Å². The Hall–Kier alpha value is -1.50. The molecule has 0 aromatic carbocycles. The zero-order valence-electron chi connectivity index (χ0n) is 13.0. The van der Waals surface area contributed by atoms with Gasteiger partial charge in [0.1, 0.15) is 5.82 Å². The van der Waals surface area contributed by atoms with Crippen LogP contribution in [0.15, 0.2) is 16.0 Å². The summed E-state index contributed by atoms with van der Waals surface area (Å²) in [7, 11) is 0. The molecule has 1 aromatic rings. The zero-order chi connectivity index (χ0) is 16.0. The molecule has 4 N–H and O–H groups in total. The fraction of sp³-hybridized carbons (Fsp3) is 0.688. The third-order valence-corrected chi connectivity index (χ3v) is 6.40. The Bertz CT molecular complexity index is 652. The van der Waals surface area contributed by atoms with E-state index in [0.717, 1.165) is 37.0 Å². The van der Waals surface area contributed by atoms with Gasteiger partial charge >= 0.3 is 0 Å². The zero-order valence-corrected chi connectivity index (χ0v) is 13.8. The first-order chi connectivity index (χ1) is 11.0. The summed E-state index contributed by atoms with van der Waals surface area (Å²) < 4.78 is 0. The summed E-state index contributed by atoms with van der Waals surface area (Å²) in [6.45, 7) is 0. The van der Waals surface area contributed by atoms with E-state index in [2.05, 4.69) is 15.3 Å². The number of nitrogens with one attached hydrogen (secondary N) is 2. The summed E-state index contributed by atoms with van der Waals surface area (Å²) in [5.74, 6) is 2.89. The van der Waals surface area contributed by atoms with Crippen molar-refractivity contribution < 1.29 is 4.79 Å². The van der Waals surface area contributed by atoms with Crippen LogP contribution in [0.3, 0.4) is 0 Å². The molecular weight excluding hydrogens is 312 g/mol. The van der Waals surface area contributed by atoms with Crippen molar-refractivity contribution in [1.29, 1.82) is 0 Å². The highest BCUT2D eigenvalue weighted by atomic mass is 32.2. The van der Waals surface area contributed by atoms with Crippen molar-refractivity contribution in [3.05, 3.63) is 16.4 Å². The lowest BCUT2D eigenvalue weighted by molar-refractivity contribution is -0.124. The first-order valence-electron chi connectivity index (χ1n) is 8.30. The van der Waals surface area contributed by atoms with Gasteiger partial charge in [0.25, 0.3) is 5.56 Å². The first-order valence-corrected chi connectivity index (χ1v) is 9.29. The fourth-order valence-electron chi connectivity index (χ4n) is 5.25. The maximum atomic E-state index is 12.4. The number of H-pyrrole nitrogens is 1. The summed E-state index contributed by atoms with van der Waals surface area (Å²) in [5.41, 5.74) is 5.30. The van der Waals surface area contributed by atoms with E-state index < -0.39 is 0 Å². The van der Waals surface area contributed by atoms with E-state index in [1.165, 1.54) is 37.1 Å². The van der Waals surface area contributed by atoms with E-state index >= 15 is 0 Å². The van der Waals surface area contributed by atoms with E-state index in [4.69, 9.17) is 5.73 Å². The van der Waals surface area contributed by atoms with E-state index in [1.54, 1.807) is 0 Å². The number of aromatic nitrogens is 2. The van der Waals surface area contributed by atoms with E-state index in [0.29, 0.717) is 5.16 Å². The summed E-state index contributed by atoms with van der Waals surface area (Å²) in [5, 5.41) is 3.71. The van der Waals surface area contributed by atoms with Gasteiger partial charge < -0.3 is 16.0 Å². The van der Waals surface area contributed by atoms with Crippen LogP contribution in [-0.2, 0) is 4.79 Å². The molecule has 1 aromatic heterocycles. The van der Waals surface area contributed by atoms with Crippen molar-refractivity contribution in [3.63, 3.8) is 0 Å². The average Bonchev–Trinajstić information content (AvgIpc) is 2.42. The number of nitrogen functional groups attached to an aromatic ring is 1. The van der Waals surface area contributed by atoms with E-state index in [9.17, 15) is 9.59 Å². The molecule has 124 valence electrons. The van der Waals surface area contributed by atoms with Gasteiger partial charge in [-0.2, -0.15) is 0 Å². The summed E-state index contributed by atoms with van der Waals surface area (Å²) in [4.78, 5) is 30.4. The first kappa shape index (κ1) is 15.1. The number of aromatic amines is 1. The molecular formula is C16H22N4O2S. The molecule has 5 rings (SSSR count). The molecule has 1 amide bonds. The van der Waals surface area contributed by atoms with Crippen molar-refractivity contribution in [2.75, 3.05) is 11.5 Å². The van der Waals surface area contributed by atoms with Crippen molar-refractivity contribution in [2.45, 2.75) is 49.2 Å². The number of thioether (sulfide) groups is 1. The molecule has 4 aliphatic rings. The Labute approximate surface area is 139 Å². The van der Waals surface area contributed by atoms with Crippen LogP contribution in [0.4, 0.5) is 5.82 Å². The number of hydrogen-bond donors (Lipinski definition) is 3. The normalized spacial score (nSPS) is 34.5. The largest absolute Gasteiger partial charge is 0.383 e. The van der Waals surface area contributed by atoms with Crippen LogP contribution in [-0.4, -0.2) is 27.2 Å². The second-order valence-corrected chi connectivity index (χ2v) is 8.47. The highest BCUT2D eigenvalue weighted by Gasteiger charge is 2.51. The standard InChI is InChI=1S/C16H22N4O2S/c17-12-4-13(21)19-15(18-12)23-8-14(22)20-16-5-9-1-10(6-16)3-11(2-9)7-16/h4,9-11H,1-3,5-8H2,(H,20,22)(H3,17,18,19,21). The molecule has 23 heavy (non-hydrogen) atoms. The predicted octanol–water partition coefficient (Wildman–Crippen LogP) is 1.53. The van der Waals surface area contributed by atoms with Crippen LogP contribution in [0, 0.1) is 17.8 Å². The Morgan fingerprint density at radius 2 is 1.91 bits per heavy atom. The second-order valence-electron chi connectivity index (χ2n) is 7.51. The minimum atomic E-state index is -0.290. The molecule has 1 heterocycles. The molecule has 0 aliphatic heterocycles. The van der Waals surface area contributed by atoms with Crippen LogP contribution in [0.25, 0.3) is 0 Å². The van der Waals surface area contributed by atoms with Crippen molar-refractivity contribution in [1.82, 2.24) is 15.3 Å². The molecule has 4 aliphatic carbocycles. The van der Waals surface area contributed by atoms with Gasteiger partial charge in [0, 0.05) is 11.6 Å². The second kappa shape index (κ2) is 5.54. The molecule has 0 radical (unpaired) electrons. The lowest BCUT2D eigenvalue weighted by Gasteiger charge is -2.56. The van der Waals surface area contributed by atoms with E-state index in [-0.39, 0.29) is 28.6 Å². The van der Waals surface area contributed by atoms with Crippen molar-refractivity contribution in [2.24, 2.45) is 17.8 Å². The number of rotatable bonds is 4. The van der Waals surface area contributed by atoms with Crippen LogP contribution < -0.4 is 16.6 Å². The van der Waals surface area contributed by atoms with Crippen LogP contribution in [0.1, 0.15) is 38.5 Å². The maximum absolute atomic E-state index is 12.4. The minimum absolute atomic E-state index is 0.0297. The highest BCUT2D eigenvalue weighted by Crippen LogP contribution is 2.55. The van der Waals surface area contributed by atoms with Crippen molar-refractivity contribution in [3.8, 4) is 0 Å². The van der Waals surface area contributed by atoms with Crippen LogP contribution in [0.2, 0.25) is 0 Å². The Kier molecular flexibility index (Phi) is 3.63. The number of nitrogens with two attached hydrogens (primary N) is 1. The third-order valence-electron chi connectivity index (χ3n) is 5.52. The van der Waals surface area contributed by atoms with Gasteiger partial charge in [-0.3, -0.25) is 9.59 Å². The molecule has 0 saturated heterocycles. The molecule has 4 saturated carbocycles. The molecule has 4 bridgehead atoms. The molecule has 7 heteroatoms. The topological polar surface area (TPSA) is 101 Å². The van der Waals surface area contributed by atoms with Crippen LogP contribution >= 0.6 is 11.8 Å². The number of carbonyl (C=O) groups is 1. The number of hydrogen-bond acceptors (Lipinski definition) is 5. The number of anilines is 1. The smallest absolute Gasteiger partial charge is 0.253 e. The molecule has 0 spiro atoms. The van der Waals surface area contributed by atoms with Gasteiger partial charge in [0.15, 0.2) is 5.16 Å². The Morgan fingerprint density at radius 3 is 2.48 bits per heavy atom. The number of carbonyl (C=O) groups excluding carboxylic acids is 1. The monoisotopic (exact) mass is 334 g/mol. The van der Waals surface area contributed by atoms with Gasteiger partial charge in [-0.05, 0) is 56.3 Å². The third kappa shape index (κ3) is 3.11. The van der Waals surface area contributed by atoms with Gasteiger partial charge in [0.05, 0.1) is 5.75 Å². The molecule has 4 fully saturated rings. The maximum Gasteiger partial charge on any atom is 0.253 e. The summed E-state index contributed by atoms with van der Waals surface area (Å²) >= 11 is 1.23. The molecule has 0 atom stereocenters. The average molecular weight is 334 g/mol. The van der Waals surface area contributed by atoms with Crippen LogP contribution in [0.5, 0.6) is 0 Å². The highest BCUT2D eigenvalue weighted by molar-refractivity contribution is 7.99. The Balaban J connectivity index is 1.38. The number of amides is 1. The van der Waals surface area contributed by atoms with Gasteiger partial charge in [-0.1, -0.05) is 11.8 Å². The molecule has 0 unspecified atom stereocenters. The summed E-state index contributed by atoms with van der Waals surface area (Å²) in [6, 6.07) is 1.24. The van der Waals surface area contributed by atoms with Gasteiger partial charge in [-0.25, -0.2) is 4.98 Å². The quantitative estimate of drug-likeness (QED) is 0.572. The Morgan fingerprint density at radius 1 is 1.30 bits per heavy atom. The fourth-order valence-corrected chi connectivity index (χ4v) is 5.93. The van der Waals surface area contributed by atoms with Gasteiger partial charge in [0.2, 0.25) is 5.91 Å². The lowest BCUT2D eigenvalue weighted by Crippen LogP contribution is -2.60.